The van der Waals surface area contributed by atoms with Crippen LogP contribution in [0.1, 0.15) is 32.7 Å². The molecule has 0 fully saturated rings. The van der Waals surface area contributed by atoms with E-state index in [2.05, 4.69) is 20.2 Å². The number of rotatable bonds is 9. The molecule has 0 atom stereocenters. The number of benzene rings is 1. The summed E-state index contributed by atoms with van der Waals surface area (Å²) in [5.74, 6) is -0.324. The molecule has 0 radical (unpaired) electrons. The predicted molar refractivity (Wildman–Crippen MR) is 134 cm³/mol. The number of H-pyrrole nitrogens is 2. The Morgan fingerprint density at radius 2 is 1.83 bits per heavy atom. The van der Waals surface area contributed by atoms with E-state index in [4.69, 9.17) is 4.74 Å². The number of methoxy groups -OCH3 is 1. The Bertz CT molecular complexity index is 1400. The standard InChI is InChI=1S/C26H27FN6O3/c1-32(2)24-20(14-30-31-24)26(35)33(16-21-23(27)22(36-3)10-12-28-21)15-18-8-6-17(7-9-18)13-19-5-4-11-29-25(19)34/h4-12,14H,13,15-16H2,1-3H3,(H,29,34)(H,30,31). The number of anilines is 1. The molecule has 9 nitrogen and oxygen atoms in total. The van der Waals surface area contributed by atoms with Gasteiger partial charge in [-0.1, -0.05) is 30.3 Å². The number of aromatic amines is 2. The molecule has 186 valence electrons. The minimum atomic E-state index is -0.610. The minimum absolute atomic E-state index is 0.0601. The number of hydrogen-bond donors (Lipinski definition) is 2. The van der Waals surface area contributed by atoms with Gasteiger partial charge in [-0.05, 0) is 17.2 Å². The summed E-state index contributed by atoms with van der Waals surface area (Å²) in [4.78, 5) is 35.6. The van der Waals surface area contributed by atoms with Gasteiger partial charge >= 0.3 is 0 Å². The van der Waals surface area contributed by atoms with Crippen LogP contribution in [0.25, 0.3) is 0 Å². The molecule has 1 aromatic carbocycles. The maximum absolute atomic E-state index is 14.9. The molecule has 2 N–H and O–H groups in total. The van der Waals surface area contributed by atoms with Crippen molar-refractivity contribution < 1.29 is 13.9 Å². The van der Waals surface area contributed by atoms with Gasteiger partial charge in [0.1, 0.15) is 11.4 Å². The van der Waals surface area contributed by atoms with Crippen LogP contribution >= 0.6 is 0 Å². The van der Waals surface area contributed by atoms with E-state index in [0.29, 0.717) is 23.4 Å². The minimum Gasteiger partial charge on any atom is -0.494 e. The molecule has 3 heterocycles. The maximum Gasteiger partial charge on any atom is 0.259 e. The van der Waals surface area contributed by atoms with E-state index in [-0.39, 0.29) is 36.0 Å². The summed E-state index contributed by atoms with van der Waals surface area (Å²) in [6, 6.07) is 12.6. The van der Waals surface area contributed by atoms with Gasteiger partial charge < -0.3 is 19.5 Å². The fourth-order valence-electron chi connectivity index (χ4n) is 3.86. The smallest absolute Gasteiger partial charge is 0.259 e. The number of carbonyl (C=O) groups is 1. The molecule has 4 aromatic rings. The number of nitrogens with one attached hydrogen (secondary N) is 2. The third kappa shape index (κ3) is 5.43. The van der Waals surface area contributed by atoms with Crippen LogP contribution in [-0.2, 0) is 19.5 Å². The third-order valence-electron chi connectivity index (χ3n) is 5.76. The van der Waals surface area contributed by atoms with Crippen molar-refractivity contribution in [3.63, 3.8) is 0 Å². The zero-order chi connectivity index (χ0) is 25.7. The normalized spacial score (nSPS) is 10.8. The third-order valence-corrected chi connectivity index (χ3v) is 5.76. The molecular weight excluding hydrogens is 463 g/mol. The van der Waals surface area contributed by atoms with Crippen molar-refractivity contribution in [2.75, 3.05) is 26.1 Å². The van der Waals surface area contributed by atoms with Crippen LogP contribution in [0, 0.1) is 5.82 Å². The first-order valence-corrected chi connectivity index (χ1v) is 11.3. The SMILES string of the molecule is COc1ccnc(CN(Cc2ccc(Cc3ccc[nH]c3=O)cc2)C(=O)c2cn[nH]c2N(C)C)c1F. The number of pyridine rings is 2. The molecule has 10 heteroatoms. The number of carbonyl (C=O) groups excluding carboxylic acids is 1. The summed E-state index contributed by atoms with van der Waals surface area (Å²) in [6.45, 7) is 0.141. The van der Waals surface area contributed by atoms with E-state index in [1.807, 2.05) is 24.3 Å². The quantitative estimate of drug-likeness (QED) is 0.373. The highest BCUT2D eigenvalue weighted by atomic mass is 19.1. The number of aromatic nitrogens is 4. The van der Waals surface area contributed by atoms with Crippen LogP contribution in [0.4, 0.5) is 10.2 Å². The molecular formula is C26H27FN6O3. The van der Waals surface area contributed by atoms with E-state index < -0.39 is 5.82 Å². The van der Waals surface area contributed by atoms with Crippen LogP contribution in [0.5, 0.6) is 5.75 Å². The second-order valence-corrected chi connectivity index (χ2v) is 8.48. The van der Waals surface area contributed by atoms with E-state index >= 15 is 0 Å². The number of amides is 1. The van der Waals surface area contributed by atoms with Crippen LogP contribution in [0.3, 0.4) is 0 Å². The lowest BCUT2D eigenvalue weighted by Gasteiger charge is -2.24. The molecule has 0 aliphatic carbocycles. The Kier molecular flexibility index (Phi) is 7.43. The van der Waals surface area contributed by atoms with E-state index in [0.717, 1.165) is 11.1 Å². The molecule has 3 aromatic heterocycles. The first-order chi connectivity index (χ1) is 17.4. The summed E-state index contributed by atoms with van der Waals surface area (Å²) in [5, 5.41) is 6.84. The Labute approximate surface area is 207 Å². The van der Waals surface area contributed by atoms with Gasteiger partial charge in [-0.15, -0.1) is 0 Å². The molecule has 0 spiro atoms. The number of nitrogens with zero attached hydrogens (tertiary/aromatic N) is 4. The zero-order valence-electron chi connectivity index (χ0n) is 20.3. The predicted octanol–water partition coefficient (Wildman–Crippen LogP) is 3.14. The second kappa shape index (κ2) is 10.9. The Balaban J connectivity index is 1.61. The first kappa shape index (κ1) is 24.6. The van der Waals surface area contributed by atoms with Crippen molar-refractivity contribution in [3.05, 3.63) is 105 Å². The Morgan fingerprint density at radius 1 is 1.08 bits per heavy atom. The van der Waals surface area contributed by atoms with Crippen molar-refractivity contribution in [2.24, 2.45) is 0 Å². The molecule has 0 unspecified atom stereocenters. The molecule has 0 aliphatic rings. The molecule has 1 amide bonds. The monoisotopic (exact) mass is 490 g/mol. The average Bonchev–Trinajstić information content (AvgIpc) is 3.37. The Hall–Kier alpha value is -4.47. The summed E-state index contributed by atoms with van der Waals surface area (Å²) < 4.78 is 20.0. The van der Waals surface area contributed by atoms with Gasteiger partial charge in [-0.25, -0.2) is 4.39 Å². The summed E-state index contributed by atoms with van der Waals surface area (Å²) in [7, 11) is 4.98. The fraction of sp³-hybridized carbons (Fsp3) is 0.231. The van der Waals surface area contributed by atoms with Gasteiger partial charge in [-0.3, -0.25) is 19.7 Å². The average molecular weight is 491 g/mol. The highest BCUT2D eigenvalue weighted by Gasteiger charge is 2.24. The van der Waals surface area contributed by atoms with E-state index in [1.165, 1.54) is 30.5 Å². The van der Waals surface area contributed by atoms with Crippen LogP contribution < -0.4 is 15.2 Å². The number of hydrogen-bond acceptors (Lipinski definition) is 6. The van der Waals surface area contributed by atoms with Crippen molar-refractivity contribution >= 4 is 11.7 Å². The lowest BCUT2D eigenvalue weighted by atomic mass is 10.0. The largest absolute Gasteiger partial charge is 0.494 e. The lowest BCUT2D eigenvalue weighted by Crippen LogP contribution is -2.31. The highest BCUT2D eigenvalue weighted by Crippen LogP contribution is 2.23. The van der Waals surface area contributed by atoms with Gasteiger partial charge in [0.05, 0.1) is 25.5 Å². The van der Waals surface area contributed by atoms with Crippen molar-refractivity contribution in [3.8, 4) is 5.75 Å². The number of ether oxygens (including phenoxy) is 1. The van der Waals surface area contributed by atoms with Crippen molar-refractivity contribution in [1.29, 1.82) is 0 Å². The van der Waals surface area contributed by atoms with Gasteiger partial charge in [0, 0.05) is 51.1 Å². The van der Waals surface area contributed by atoms with Gasteiger partial charge in [0.25, 0.3) is 11.5 Å². The van der Waals surface area contributed by atoms with Crippen LogP contribution in [0.15, 0.2) is 65.8 Å². The van der Waals surface area contributed by atoms with E-state index in [1.54, 1.807) is 37.3 Å². The summed E-state index contributed by atoms with van der Waals surface area (Å²) >= 11 is 0. The maximum atomic E-state index is 14.9. The van der Waals surface area contributed by atoms with Gasteiger partial charge in [-0.2, -0.15) is 5.10 Å². The second-order valence-electron chi connectivity index (χ2n) is 8.48. The van der Waals surface area contributed by atoms with Crippen molar-refractivity contribution in [2.45, 2.75) is 19.5 Å². The first-order valence-electron chi connectivity index (χ1n) is 11.3. The molecule has 0 saturated heterocycles. The lowest BCUT2D eigenvalue weighted by molar-refractivity contribution is 0.0726. The number of halogens is 1. The molecule has 4 rings (SSSR count). The van der Waals surface area contributed by atoms with Crippen molar-refractivity contribution in [1.82, 2.24) is 25.1 Å². The summed E-state index contributed by atoms with van der Waals surface area (Å²) in [5.41, 5.74) is 2.80. The highest BCUT2D eigenvalue weighted by molar-refractivity contribution is 5.98. The zero-order valence-corrected chi connectivity index (χ0v) is 20.3. The van der Waals surface area contributed by atoms with E-state index in [9.17, 15) is 14.0 Å². The molecule has 0 aliphatic heterocycles. The molecule has 0 saturated carbocycles. The molecule has 0 bridgehead atoms. The summed E-state index contributed by atoms with van der Waals surface area (Å²) in [6.07, 6.45) is 4.99. The van der Waals surface area contributed by atoms with Crippen LogP contribution in [-0.4, -0.2) is 52.2 Å². The Morgan fingerprint density at radius 3 is 2.53 bits per heavy atom. The fourth-order valence-corrected chi connectivity index (χ4v) is 3.86. The molecule has 36 heavy (non-hydrogen) atoms. The van der Waals surface area contributed by atoms with Gasteiger partial charge in [0.15, 0.2) is 11.6 Å². The van der Waals surface area contributed by atoms with Crippen LogP contribution in [0.2, 0.25) is 0 Å². The topological polar surface area (TPSA) is 107 Å². The van der Waals surface area contributed by atoms with Gasteiger partial charge in [0.2, 0.25) is 0 Å².